The molecule has 78 valence electrons. The Morgan fingerprint density at radius 1 is 1.57 bits per heavy atom. The maximum atomic E-state index is 11.3. The molecule has 0 aliphatic heterocycles. The first-order valence-corrected chi connectivity index (χ1v) is 4.79. The van der Waals surface area contributed by atoms with Crippen LogP contribution >= 0.6 is 0 Å². The van der Waals surface area contributed by atoms with Gasteiger partial charge in [0.1, 0.15) is 0 Å². The average Bonchev–Trinajstić information content (AvgIpc) is 2.48. The number of rotatable bonds is 3. The second-order valence-electron chi connectivity index (χ2n) is 3.47. The van der Waals surface area contributed by atoms with Crippen LogP contribution in [0, 0.1) is 6.92 Å². The maximum Gasteiger partial charge on any atom is 0.374 e. The van der Waals surface area contributed by atoms with Crippen molar-refractivity contribution in [3.63, 3.8) is 0 Å². The number of aromatic nitrogens is 2. The van der Waals surface area contributed by atoms with Crippen LogP contribution in [0.1, 0.15) is 48.7 Å². The predicted molar refractivity (Wildman–Crippen MR) is 53.4 cm³/mol. The molecule has 0 aliphatic carbocycles. The Balaban J connectivity index is 2.90. The van der Waals surface area contributed by atoms with Crippen LogP contribution in [0.2, 0.25) is 0 Å². The lowest BCUT2D eigenvalue weighted by molar-refractivity contribution is 0.0513. The summed E-state index contributed by atoms with van der Waals surface area (Å²) in [4.78, 5) is 18.4. The molecule has 0 amide bonds. The summed E-state index contributed by atoms with van der Waals surface area (Å²) in [5, 5.41) is 0. The van der Waals surface area contributed by atoms with Crippen LogP contribution < -0.4 is 0 Å². The lowest BCUT2D eigenvalue weighted by Crippen LogP contribution is -2.06. The summed E-state index contributed by atoms with van der Waals surface area (Å²) in [6, 6.07) is 0. The summed E-state index contributed by atoms with van der Waals surface area (Å²) < 4.78 is 4.84. The van der Waals surface area contributed by atoms with E-state index >= 15 is 0 Å². The van der Waals surface area contributed by atoms with Gasteiger partial charge >= 0.3 is 5.97 Å². The Morgan fingerprint density at radius 3 is 2.64 bits per heavy atom. The molecule has 0 saturated carbocycles. The van der Waals surface area contributed by atoms with Crippen LogP contribution in [-0.2, 0) is 4.74 Å². The molecule has 4 nitrogen and oxygen atoms in total. The first-order valence-electron chi connectivity index (χ1n) is 4.79. The van der Waals surface area contributed by atoms with E-state index in [0.29, 0.717) is 18.3 Å². The number of carbonyl (C=O) groups is 1. The molecule has 1 N–H and O–H groups in total. The molecule has 14 heavy (non-hydrogen) atoms. The van der Waals surface area contributed by atoms with Crippen molar-refractivity contribution in [3.05, 3.63) is 17.2 Å². The zero-order chi connectivity index (χ0) is 10.7. The van der Waals surface area contributed by atoms with E-state index in [4.69, 9.17) is 4.74 Å². The molecular formula is C10H16N2O2. The van der Waals surface area contributed by atoms with Crippen LogP contribution in [0.4, 0.5) is 0 Å². The van der Waals surface area contributed by atoms with Crippen molar-refractivity contribution in [2.75, 3.05) is 6.61 Å². The van der Waals surface area contributed by atoms with Crippen LogP contribution in [0.15, 0.2) is 0 Å². The molecule has 0 radical (unpaired) electrons. The summed E-state index contributed by atoms with van der Waals surface area (Å²) in [6.45, 7) is 8.13. The molecule has 0 saturated heterocycles. The first-order chi connectivity index (χ1) is 6.56. The molecule has 0 bridgehead atoms. The van der Waals surface area contributed by atoms with Crippen LogP contribution in [-0.4, -0.2) is 22.5 Å². The van der Waals surface area contributed by atoms with Crippen molar-refractivity contribution in [2.24, 2.45) is 0 Å². The predicted octanol–water partition coefficient (Wildman–Crippen LogP) is 2.02. The summed E-state index contributed by atoms with van der Waals surface area (Å²) in [5.74, 6) is 0.227. The highest BCUT2D eigenvalue weighted by Crippen LogP contribution is 2.16. The highest BCUT2D eigenvalue weighted by Gasteiger charge is 2.15. The van der Waals surface area contributed by atoms with E-state index in [0.717, 1.165) is 11.4 Å². The van der Waals surface area contributed by atoms with Gasteiger partial charge in [-0.25, -0.2) is 9.78 Å². The quantitative estimate of drug-likeness (QED) is 0.752. The third-order valence-corrected chi connectivity index (χ3v) is 1.94. The number of hydrogen-bond donors (Lipinski definition) is 1. The number of aromatic amines is 1. The van der Waals surface area contributed by atoms with Crippen molar-refractivity contribution in [1.29, 1.82) is 0 Å². The molecule has 1 rings (SSSR count). The van der Waals surface area contributed by atoms with E-state index in [1.54, 1.807) is 6.92 Å². The molecule has 0 fully saturated rings. The number of ether oxygens (including phenoxy) is 1. The molecule has 0 aliphatic rings. The smallest absolute Gasteiger partial charge is 0.374 e. The fourth-order valence-corrected chi connectivity index (χ4v) is 1.33. The molecule has 0 spiro atoms. The summed E-state index contributed by atoms with van der Waals surface area (Å²) in [7, 11) is 0. The number of aryl methyl sites for hydroxylation is 1. The molecule has 0 unspecified atom stereocenters. The minimum Gasteiger partial charge on any atom is -0.460 e. The molecule has 0 atom stereocenters. The summed E-state index contributed by atoms with van der Waals surface area (Å²) in [6.07, 6.45) is 0. The number of carbonyl (C=O) groups excluding carboxylic acids is 1. The molecule has 1 aromatic rings. The number of hydrogen-bond acceptors (Lipinski definition) is 3. The van der Waals surface area contributed by atoms with Gasteiger partial charge in [-0.1, -0.05) is 13.8 Å². The van der Waals surface area contributed by atoms with Gasteiger partial charge in [0, 0.05) is 5.69 Å². The fraction of sp³-hybridized carbons (Fsp3) is 0.600. The Morgan fingerprint density at radius 2 is 2.21 bits per heavy atom. The monoisotopic (exact) mass is 196 g/mol. The van der Waals surface area contributed by atoms with Crippen molar-refractivity contribution in [3.8, 4) is 0 Å². The van der Waals surface area contributed by atoms with Crippen molar-refractivity contribution < 1.29 is 9.53 Å². The Kier molecular flexibility index (Phi) is 3.28. The molecule has 1 aromatic heterocycles. The zero-order valence-electron chi connectivity index (χ0n) is 9.05. The number of esters is 1. The number of H-pyrrole nitrogens is 1. The topological polar surface area (TPSA) is 55.0 Å². The number of nitrogens with one attached hydrogen (secondary N) is 1. The van der Waals surface area contributed by atoms with Gasteiger partial charge < -0.3 is 9.72 Å². The maximum absolute atomic E-state index is 11.3. The van der Waals surface area contributed by atoms with E-state index in [-0.39, 0.29) is 5.97 Å². The average molecular weight is 196 g/mol. The first kappa shape index (κ1) is 10.8. The summed E-state index contributed by atoms with van der Waals surface area (Å²) >= 11 is 0. The SMILES string of the molecule is CCOC(=O)c1nc(C(C)C)c(C)[nH]1. The highest BCUT2D eigenvalue weighted by atomic mass is 16.5. The lowest BCUT2D eigenvalue weighted by atomic mass is 10.1. The molecule has 0 aromatic carbocycles. The third-order valence-electron chi connectivity index (χ3n) is 1.94. The van der Waals surface area contributed by atoms with Crippen molar-refractivity contribution >= 4 is 5.97 Å². The van der Waals surface area contributed by atoms with E-state index in [1.165, 1.54) is 0 Å². The van der Waals surface area contributed by atoms with Gasteiger partial charge in [-0.3, -0.25) is 0 Å². The second-order valence-corrected chi connectivity index (χ2v) is 3.47. The Labute approximate surface area is 83.7 Å². The van der Waals surface area contributed by atoms with Crippen LogP contribution in [0.25, 0.3) is 0 Å². The fourth-order valence-electron chi connectivity index (χ4n) is 1.33. The van der Waals surface area contributed by atoms with E-state index in [2.05, 4.69) is 9.97 Å². The normalized spacial score (nSPS) is 10.6. The molecule has 4 heteroatoms. The van der Waals surface area contributed by atoms with E-state index in [9.17, 15) is 4.79 Å². The van der Waals surface area contributed by atoms with Gasteiger partial charge in [-0.05, 0) is 19.8 Å². The van der Waals surface area contributed by atoms with Crippen molar-refractivity contribution in [1.82, 2.24) is 9.97 Å². The number of nitrogens with zero attached hydrogens (tertiary/aromatic N) is 1. The lowest BCUT2D eigenvalue weighted by Gasteiger charge is -1.99. The highest BCUT2D eigenvalue weighted by molar-refractivity contribution is 5.85. The van der Waals surface area contributed by atoms with E-state index in [1.807, 2.05) is 20.8 Å². The Hall–Kier alpha value is -1.32. The van der Waals surface area contributed by atoms with Gasteiger partial charge in [0.05, 0.1) is 12.3 Å². The minimum atomic E-state index is -0.387. The number of imidazole rings is 1. The zero-order valence-corrected chi connectivity index (χ0v) is 9.05. The van der Waals surface area contributed by atoms with Gasteiger partial charge in [-0.2, -0.15) is 0 Å². The van der Waals surface area contributed by atoms with Gasteiger partial charge in [0.15, 0.2) is 0 Å². The standard InChI is InChI=1S/C10H16N2O2/c1-5-14-10(13)9-11-7(4)8(12-9)6(2)3/h6H,5H2,1-4H3,(H,11,12). The van der Waals surface area contributed by atoms with E-state index < -0.39 is 0 Å². The molecule has 1 heterocycles. The van der Waals surface area contributed by atoms with Gasteiger partial charge in [-0.15, -0.1) is 0 Å². The Bertz CT molecular complexity index is 329. The third kappa shape index (κ3) is 2.13. The summed E-state index contributed by atoms with van der Waals surface area (Å²) in [5.41, 5.74) is 1.86. The largest absolute Gasteiger partial charge is 0.460 e. The molecular weight excluding hydrogens is 180 g/mol. The van der Waals surface area contributed by atoms with Crippen LogP contribution in [0.3, 0.4) is 0 Å². The second kappa shape index (κ2) is 4.26. The van der Waals surface area contributed by atoms with Gasteiger partial charge in [0.2, 0.25) is 5.82 Å². The van der Waals surface area contributed by atoms with Crippen molar-refractivity contribution in [2.45, 2.75) is 33.6 Å². The van der Waals surface area contributed by atoms with Crippen LogP contribution in [0.5, 0.6) is 0 Å². The van der Waals surface area contributed by atoms with Gasteiger partial charge in [0.25, 0.3) is 0 Å². The minimum absolute atomic E-state index is 0.299.